The van der Waals surface area contributed by atoms with Crippen LogP contribution in [0.5, 0.6) is 5.75 Å². The summed E-state index contributed by atoms with van der Waals surface area (Å²) in [5, 5.41) is 2.90. The lowest BCUT2D eigenvalue weighted by Crippen LogP contribution is -2.38. The first-order valence-corrected chi connectivity index (χ1v) is 10.0. The van der Waals surface area contributed by atoms with Crippen LogP contribution in [-0.2, 0) is 11.2 Å². The zero-order chi connectivity index (χ0) is 19.5. The van der Waals surface area contributed by atoms with Crippen molar-refractivity contribution >= 4 is 17.5 Å². The van der Waals surface area contributed by atoms with Crippen molar-refractivity contribution in [3.05, 3.63) is 59.7 Å². The van der Waals surface area contributed by atoms with Crippen molar-refractivity contribution in [2.75, 3.05) is 12.4 Å². The van der Waals surface area contributed by atoms with E-state index in [9.17, 15) is 9.59 Å². The van der Waals surface area contributed by atoms with E-state index >= 15 is 0 Å². The van der Waals surface area contributed by atoms with Gasteiger partial charge in [-0.05, 0) is 42.7 Å². The van der Waals surface area contributed by atoms with Crippen molar-refractivity contribution in [2.45, 2.75) is 50.7 Å². The predicted molar refractivity (Wildman–Crippen MR) is 109 cm³/mol. The molecule has 1 aliphatic heterocycles. The summed E-state index contributed by atoms with van der Waals surface area (Å²) >= 11 is 0. The zero-order valence-electron chi connectivity index (χ0n) is 16.2. The van der Waals surface area contributed by atoms with Crippen LogP contribution in [0.2, 0.25) is 0 Å². The number of benzene rings is 2. The molecule has 2 aromatic carbocycles. The highest BCUT2D eigenvalue weighted by atomic mass is 16.5. The predicted octanol–water partition coefficient (Wildman–Crippen LogP) is 4.03. The number of para-hydroxylation sites is 1. The number of nitrogens with one attached hydrogen (secondary N) is 1. The van der Waals surface area contributed by atoms with Crippen LogP contribution < -0.4 is 10.1 Å². The minimum absolute atomic E-state index is 0.00696. The molecule has 2 aromatic rings. The largest absolute Gasteiger partial charge is 0.480 e. The van der Waals surface area contributed by atoms with E-state index in [1.54, 1.807) is 18.2 Å². The first-order valence-electron chi connectivity index (χ1n) is 10.0. The van der Waals surface area contributed by atoms with Crippen LogP contribution in [0.4, 0.5) is 5.69 Å². The Balaban J connectivity index is 1.41. The number of hydrogen-bond donors (Lipinski definition) is 1. The van der Waals surface area contributed by atoms with E-state index in [1.807, 2.05) is 42.3 Å². The smallest absolute Gasteiger partial charge is 0.265 e. The number of anilines is 1. The molecule has 0 spiro atoms. The maximum atomic E-state index is 12.9. The van der Waals surface area contributed by atoms with Gasteiger partial charge in [0, 0.05) is 30.8 Å². The fourth-order valence-electron chi connectivity index (χ4n) is 4.12. The van der Waals surface area contributed by atoms with Gasteiger partial charge in [0.1, 0.15) is 5.75 Å². The van der Waals surface area contributed by atoms with Gasteiger partial charge >= 0.3 is 0 Å². The molecule has 2 aliphatic rings. The molecular formula is C23H26N2O3. The number of hydrogen-bond acceptors (Lipinski definition) is 3. The van der Waals surface area contributed by atoms with Crippen LogP contribution in [0.15, 0.2) is 48.5 Å². The molecule has 1 saturated carbocycles. The quantitative estimate of drug-likeness (QED) is 0.874. The molecule has 0 radical (unpaired) electrons. The second-order valence-electron chi connectivity index (χ2n) is 7.70. The van der Waals surface area contributed by atoms with Gasteiger partial charge in [0.15, 0.2) is 6.10 Å². The molecule has 5 heteroatoms. The molecular weight excluding hydrogens is 352 g/mol. The van der Waals surface area contributed by atoms with Gasteiger partial charge in [-0.25, -0.2) is 0 Å². The van der Waals surface area contributed by atoms with Crippen LogP contribution >= 0.6 is 0 Å². The van der Waals surface area contributed by atoms with Crippen molar-refractivity contribution in [3.63, 3.8) is 0 Å². The average Bonchev–Trinajstić information content (AvgIpc) is 3.18. The minimum atomic E-state index is -0.540. The summed E-state index contributed by atoms with van der Waals surface area (Å²) in [6.07, 6.45) is 5.78. The molecule has 1 unspecified atom stereocenters. The Morgan fingerprint density at radius 2 is 1.82 bits per heavy atom. The third-order valence-electron chi connectivity index (χ3n) is 5.76. The summed E-state index contributed by atoms with van der Waals surface area (Å²) in [6, 6.07) is 15.2. The number of ether oxygens (including phenoxy) is 1. The Morgan fingerprint density at radius 3 is 2.61 bits per heavy atom. The molecule has 28 heavy (non-hydrogen) atoms. The van der Waals surface area contributed by atoms with E-state index in [1.165, 1.54) is 19.3 Å². The number of fused-ring (bicyclic) bond motifs is 1. The first-order chi connectivity index (χ1) is 13.6. The molecule has 2 amide bonds. The van der Waals surface area contributed by atoms with Crippen LogP contribution in [-0.4, -0.2) is 35.9 Å². The summed E-state index contributed by atoms with van der Waals surface area (Å²) in [6.45, 7) is 0. The molecule has 0 bridgehead atoms. The zero-order valence-corrected chi connectivity index (χ0v) is 16.2. The van der Waals surface area contributed by atoms with Crippen molar-refractivity contribution in [1.29, 1.82) is 0 Å². The standard InChI is InChI=1S/C23H26N2O3/c1-25(19-11-3-2-4-12-19)23(27)17-9-7-10-18(14-17)24-22(26)21-15-16-8-5-6-13-20(16)28-21/h5-10,13-14,19,21H,2-4,11-12,15H2,1H3,(H,24,26). The number of rotatable bonds is 4. The lowest BCUT2D eigenvalue weighted by atomic mass is 9.94. The van der Waals surface area contributed by atoms with Crippen molar-refractivity contribution < 1.29 is 14.3 Å². The molecule has 0 aromatic heterocycles. The molecule has 0 saturated heterocycles. The van der Waals surface area contributed by atoms with Gasteiger partial charge in [-0.15, -0.1) is 0 Å². The van der Waals surface area contributed by atoms with Gasteiger partial charge in [0.05, 0.1) is 0 Å². The maximum Gasteiger partial charge on any atom is 0.265 e. The number of carbonyl (C=O) groups excluding carboxylic acids is 2. The van der Waals surface area contributed by atoms with Crippen LogP contribution in [0.25, 0.3) is 0 Å². The monoisotopic (exact) mass is 378 g/mol. The third-order valence-corrected chi connectivity index (χ3v) is 5.76. The Labute approximate surface area is 165 Å². The number of carbonyl (C=O) groups is 2. The highest BCUT2D eigenvalue weighted by Gasteiger charge is 2.29. The van der Waals surface area contributed by atoms with Gasteiger partial charge < -0.3 is 15.0 Å². The summed E-state index contributed by atoms with van der Waals surface area (Å²) in [5.74, 6) is 0.578. The summed E-state index contributed by atoms with van der Waals surface area (Å²) < 4.78 is 5.75. The van der Waals surface area contributed by atoms with Crippen molar-refractivity contribution in [2.24, 2.45) is 0 Å². The second-order valence-corrected chi connectivity index (χ2v) is 7.70. The molecule has 1 heterocycles. The van der Waals surface area contributed by atoms with Crippen LogP contribution in [0.3, 0.4) is 0 Å². The van der Waals surface area contributed by atoms with Gasteiger partial charge in [-0.1, -0.05) is 43.5 Å². The van der Waals surface area contributed by atoms with Gasteiger partial charge in [0.25, 0.3) is 11.8 Å². The lowest BCUT2D eigenvalue weighted by Gasteiger charge is -2.31. The van der Waals surface area contributed by atoms with E-state index < -0.39 is 6.10 Å². The van der Waals surface area contributed by atoms with Crippen LogP contribution in [0, 0.1) is 0 Å². The SMILES string of the molecule is CN(C(=O)c1cccc(NC(=O)C2Cc3ccccc3O2)c1)C1CCCCC1. The molecule has 1 aliphatic carbocycles. The Kier molecular flexibility index (Phi) is 5.33. The summed E-state index contributed by atoms with van der Waals surface area (Å²) in [7, 11) is 1.88. The van der Waals surface area contributed by atoms with E-state index in [0.717, 1.165) is 24.2 Å². The first kappa shape index (κ1) is 18.5. The normalized spacial score (nSPS) is 18.8. The Hall–Kier alpha value is -2.82. The Morgan fingerprint density at radius 1 is 1.04 bits per heavy atom. The molecule has 4 rings (SSSR count). The fourth-order valence-corrected chi connectivity index (χ4v) is 4.12. The lowest BCUT2D eigenvalue weighted by molar-refractivity contribution is -0.122. The van der Waals surface area contributed by atoms with Gasteiger partial charge in [-0.3, -0.25) is 9.59 Å². The van der Waals surface area contributed by atoms with Crippen LogP contribution in [0.1, 0.15) is 48.0 Å². The van der Waals surface area contributed by atoms with Gasteiger partial charge in [-0.2, -0.15) is 0 Å². The molecule has 1 N–H and O–H groups in total. The molecule has 5 nitrogen and oxygen atoms in total. The topological polar surface area (TPSA) is 58.6 Å². The van der Waals surface area contributed by atoms with E-state index in [4.69, 9.17) is 4.74 Å². The highest BCUT2D eigenvalue weighted by molar-refractivity contribution is 5.98. The molecule has 1 atom stereocenters. The third kappa shape index (κ3) is 3.88. The van der Waals surface area contributed by atoms with Crippen molar-refractivity contribution in [3.8, 4) is 5.75 Å². The van der Waals surface area contributed by atoms with Crippen molar-refractivity contribution in [1.82, 2.24) is 4.90 Å². The minimum Gasteiger partial charge on any atom is -0.480 e. The number of nitrogens with zero attached hydrogens (tertiary/aromatic N) is 1. The Bertz CT molecular complexity index is 849. The summed E-state index contributed by atoms with van der Waals surface area (Å²) in [4.78, 5) is 27.3. The second kappa shape index (κ2) is 8.05. The van der Waals surface area contributed by atoms with Gasteiger partial charge in [0.2, 0.25) is 0 Å². The number of amides is 2. The van der Waals surface area contributed by atoms with E-state index in [2.05, 4.69) is 5.32 Å². The molecule has 146 valence electrons. The van der Waals surface area contributed by atoms with E-state index in [0.29, 0.717) is 23.7 Å². The maximum absolute atomic E-state index is 12.9. The fraction of sp³-hybridized carbons (Fsp3) is 0.391. The average molecular weight is 378 g/mol. The van der Waals surface area contributed by atoms with E-state index in [-0.39, 0.29) is 11.8 Å². The highest BCUT2D eigenvalue weighted by Crippen LogP contribution is 2.29. The summed E-state index contributed by atoms with van der Waals surface area (Å²) in [5.41, 5.74) is 2.26. The molecule has 1 fully saturated rings.